The third kappa shape index (κ3) is 2.78. The largest absolute Gasteiger partial charge is 0.465 e. The van der Waals surface area contributed by atoms with Crippen molar-refractivity contribution in [2.24, 2.45) is 0 Å². The Morgan fingerprint density at radius 2 is 2.26 bits per heavy atom. The van der Waals surface area contributed by atoms with Crippen LogP contribution in [-0.4, -0.2) is 37.3 Å². The molecular formula is C13H19N3O3. The van der Waals surface area contributed by atoms with Crippen LogP contribution in [0, 0.1) is 0 Å². The molecule has 0 aliphatic heterocycles. The second-order valence-corrected chi connectivity index (χ2v) is 4.75. The first-order valence-electron chi connectivity index (χ1n) is 6.23. The van der Waals surface area contributed by atoms with Gasteiger partial charge in [0.2, 0.25) is 0 Å². The molecule has 1 heterocycles. The fourth-order valence-corrected chi connectivity index (χ4v) is 2.16. The predicted molar refractivity (Wildman–Crippen MR) is 72.1 cm³/mol. The number of rotatable bonds is 5. The number of hydrogen-bond acceptors (Lipinski definition) is 6. The maximum Gasteiger partial charge on any atom is 0.341 e. The molecule has 2 rings (SSSR count). The number of nitrogens with two attached hydrogens (primary N) is 1. The quantitative estimate of drug-likeness (QED) is 0.783. The summed E-state index contributed by atoms with van der Waals surface area (Å²) in [7, 11) is 3.04. The minimum atomic E-state index is -0.456. The first-order chi connectivity index (χ1) is 9.10. The predicted octanol–water partition coefficient (Wildman–Crippen LogP) is 1.43. The van der Waals surface area contributed by atoms with E-state index in [1.807, 2.05) is 0 Å². The number of ether oxygens (including phenoxy) is 2. The van der Waals surface area contributed by atoms with Gasteiger partial charge in [0.05, 0.1) is 24.6 Å². The normalized spacial score (nSPS) is 16.5. The molecule has 1 saturated carbocycles. The van der Waals surface area contributed by atoms with Gasteiger partial charge in [-0.2, -0.15) is 0 Å². The number of nitrogens with one attached hydrogen (secondary N) is 1. The summed E-state index contributed by atoms with van der Waals surface area (Å²) >= 11 is 0. The van der Waals surface area contributed by atoms with Gasteiger partial charge in [-0.25, -0.2) is 9.78 Å². The van der Waals surface area contributed by atoms with E-state index in [1.165, 1.54) is 13.3 Å². The molecule has 0 atom stereocenters. The van der Waals surface area contributed by atoms with Crippen LogP contribution in [0.2, 0.25) is 0 Å². The van der Waals surface area contributed by atoms with Gasteiger partial charge in [0.25, 0.3) is 0 Å². The lowest BCUT2D eigenvalue weighted by molar-refractivity contribution is -0.0601. The summed E-state index contributed by atoms with van der Waals surface area (Å²) in [5, 5.41) is 3.16. The third-order valence-corrected chi connectivity index (χ3v) is 3.59. The summed E-state index contributed by atoms with van der Waals surface area (Å²) in [4.78, 5) is 15.8. The van der Waals surface area contributed by atoms with Crippen LogP contribution in [0.5, 0.6) is 0 Å². The molecule has 3 N–H and O–H groups in total. The van der Waals surface area contributed by atoms with E-state index in [2.05, 4.69) is 10.3 Å². The zero-order valence-electron chi connectivity index (χ0n) is 11.2. The smallest absolute Gasteiger partial charge is 0.341 e. The molecule has 0 amide bonds. The highest BCUT2D eigenvalue weighted by atomic mass is 16.5. The number of hydrogen-bond donors (Lipinski definition) is 2. The van der Waals surface area contributed by atoms with Gasteiger partial charge < -0.3 is 20.5 Å². The summed E-state index contributed by atoms with van der Waals surface area (Å²) in [5.41, 5.74) is 6.27. The lowest BCUT2D eigenvalue weighted by Gasteiger charge is -2.40. The van der Waals surface area contributed by atoms with E-state index in [9.17, 15) is 4.79 Å². The van der Waals surface area contributed by atoms with E-state index < -0.39 is 5.97 Å². The molecule has 0 unspecified atom stereocenters. The van der Waals surface area contributed by atoms with Crippen LogP contribution < -0.4 is 11.1 Å². The molecule has 0 saturated heterocycles. The zero-order chi connectivity index (χ0) is 13.9. The summed E-state index contributed by atoms with van der Waals surface area (Å²) < 4.78 is 10.2. The molecule has 0 aromatic carbocycles. The number of methoxy groups -OCH3 is 2. The van der Waals surface area contributed by atoms with Crippen molar-refractivity contribution in [3.8, 4) is 0 Å². The third-order valence-electron chi connectivity index (χ3n) is 3.59. The minimum Gasteiger partial charge on any atom is -0.465 e. The van der Waals surface area contributed by atoms with Gasteiger partial charge in [-0.3, -0.25) is 0 Å². The van der Waals surface area contributed by atoms with Gasteiger partial charge in [-0.1, -0.05) is 0 Å². The van der Waals surface area contributed by atoms with E-state index >= 15 is 0 Å². The highest BCUT2D eigenvalue weighted by Crippen LogP contribution is 2.35. The van der Waals surface area contributed by atoms with Crippen molar-refractivity contribution in [1.82, 2.24) is 4.98 Å². The SMILES string of the molecule is COC(=O)c1cc(N)cnc1NCC1(OC)CCC1. The maximum atomic E-state index is 11.7. The standard InChI is InChI=1S/C13H19N3O3/c1-18-12(17)10-6-9(14)7-15-11(10)16-8-13(19-2)4-3-5-13/h6-7H,3-5,8,14H2,1-2H3,(H,15,16). The molecule has 1 aliphatic carbocycles. The number of pyridine rings is 1. The molecule has 1 fully saturated rings. The van der Waals surface area contributed by atoms with Crippen LogP contribution in [-0.2, 0) is 9.47 Å². The molecular weight excluding hydrogens is 246 g/mol. The van der Waals surface area contributed by atoms with Crippen LogP contribution in [0.4, 0.5) is 11.5 Å². The number of nitrogens with zero attached hydrogens (tertiary/aromatic N) is 1. The zero-order valence-corrected chi connectivity index (χ0v) is 11.2. The van der Waals surface area contributed by atoms with Crippen molar-refractivity contribution in [2.45, 2.75) is 24.9 Å². The first kappa shape index (κ1) is 13.6. The molecule has 104 valence electrons. The van der Waals surface area contributed by atoms with Gasteiger partial charge in [-0.05, 0) is 25.3 Å². The van der Waals surface area contributed by atoms with Gasteiger partial charge in [-0.15, -0.1) is 0 Å². The van der Waals surface area contributed by atoms with Crippen LogP contribution >= 0.6 is 0 Å². The van der Waals surface area contributed by atoms with E-state index in [4.69, 9.17) is 15.2 Å². The summed E-state index contributed by atoms with van der Waals surface area (Å²) in [6.07, 6.45) is 4.70. The summed E-state index contributed by atoms with van der Waals surface area (Å²) in [6.45, 7) is 0.615. The molecule has 0 bridgehead atoms. The highest BCUT2D eigenvalue weighted by molar-refractivity contribution is 5.95. The summed E-state index contributed by atoms with van der Waals surface area (Å²) in [5.74, 6) is 0.0201. The monoisotopic (exact) mass is 265 g/mol. The van der Waals surface area contributed by atoms with Gasteiger partial charge in [0.1, 0.15) is 11.4 Å². The lowest BCUT2D eigenvalue weighted by Crippen LogP contribution is -2.45. The van der Waals surface area contributed by atoms with E-state index in [1.54, 1.807) is 13.2 Å². The molecule has 1 aromatic rings. The van der Waals surface area contributed by atoms with Crippen molar-refractivity contribution in [3.05, 3.63) is 17.8 Å². The number of nitrogen functional groups attached to an aromatic ring is 1. The van der Waals surface area contributed by atoms with Gasteiger partial charge in [0, 0.05) is 13.7 Å². The Kier molecular flexibility index (Phi) is 3.90. The Bertz CT molecular complexity index is 467. The molecule has 19 heavy (non-hydrogen) atoms. The highest BCUT2D eigenvalue weighted by Gasteiger charge is 2.37. The number of anilines is 2. The van der Waals surface area contributed by atoms with Crippen LogP contribution in [0.1, 0.15) is 29.6 Å². The van der Waals surface area contributed by atoms with Crippen molar-refractivity contribution < 1.29 is 14.3 Å². The topological polar surface area (TPSA) is 86.5 Å². The number of aromatic nitrogens is 1. The fraction of sp³-hybridized carbons (Fsp3) is 0.538. The van der Waals surface area contributed by atoms with Crippen molar-refractivity contribution >= 4 is 17.5 Å². The first-order valence-corrected chi connectivity index (χ1v) is 6.23. The average molecular weight is 265 g/mol. The van der Waals surface area contributed by atoms with Crippen LogP contribution in [0.3, 0.4) is 0 Å². The average Bonchev–Trinajstić information content (AvgIpc) is 2.38. The lowest BCUT2D eigenvalue weighted by atomic mass is 9.80. The number of carbonyl (C=O) groups excluding carboxylic acids is 1. The van der Waals surface area contributed by atoms with Crippen LogP contribution in [0.25, 0.3) is 0 Å². The van der Waals surface area contributed by atoms with Gasteiger partial charge >= 0.3 is 5.97 Å². The molecule has 0 spiro atoms. The number of carbonyl (C=O) groups is 1. The molecule has 1 aliphatic rings. The summed E-state index contributed by atoms with van der Waals surface area (Å²) in [6, 6.07) is 1.56. The second kappa shape index (κ2) is 5.44. The second-order valence-electron chi connectivity index (χ2n) is 4.75. The van der Waals surface area contributed by atoms with Crippen molar-refractivity contribution in [1.29, 1.82) is 0 Å². The molecule has 1 aromatic heterocycles. The molecule has 6 heteroatoms. The Morgan fingerprint density at radius 1 is 1.53 bits per heavy atom. The fourth-order valence-electron chi connectivity index (χ4n) is 2.16. The number of esters is 1. The molecule has 6 nitrogen and oxygen atoms in total. The molecule has 0 radical (unpaired) electrons. The van der Waals surface area contributed by atoms with Gasteiger partial charge in [0.15, 0.2) is 0 Å². The Labute approximate surface area is 112 Å². The van der Waals surface area contributed by atoms with E-state index in [-0.39, 0.29) is 5.60 Å². The maximum absolute atomic E-state index is 11.7. The minimum absolute atomic E-state index is 0.142. The van der Waals surface area contributed by atoms with E-state index in [0.29, 0.717) is 23.6 Å². The Balaban J connectivity index is 2.13. The van der Waals surface area contributed by atoms with E-state index in [0.717, 1.165) is 19.3 Å². The Hall–Kier alpha value is -1.82. The van der Waals surface area contributed by atoms with Crippen LogP contribution in [0.15, 0.2) is 12.3 Å². The van der Waals surface area contributed by atoms with Crippen molar-refractivity contribution in [3.63, 3.8) is 0 Å². The Morgan fingerprint density at radius 3 is 2.79 bits per heavy atom. The van der Waals surface area contributed by atoms with Crippen molar-refractivity contribution in [2.75, 3.05) is 31.8 Å².